The zero-order valence-corrected chi connectivity index (χ0v) is 39.5. The first-order valence-corrected chi connectivity index (χ1v) is 23.8. The van der Waals surface area contributed by atoms with Crippen molar-refractivity contribution in [3.8, 4) is 17.2 Å². The first-order chi connectivity index (χ1) is 33.1. The third-order valence-electron chi connectivity index (χ3n) is 15.6. The van der Waals surface area contributed by atoms with Crippen molar-refractivity contribution in [2.45, 2.75) is 109 Å². The van der Waals surface area contributed by atoms with E-state index >= 15 is 13.6 Å². The zero-order chi connectivity index (χ0) is 48.0. The molecule has 1 amide bonds. The number of fused-ring (bicyclic) bond motifs is 5. The van der Waals surface area contributed by atoms with Crippen LogP contribution in [0.25, 0.3) is 39.0 Å². The Kier molecular flexibility index (Phi) is 9.61. The van der Waals surface area contributed by atoms with Crippen molar-refractivity contribution in [3.05, 3.63) is 139 Å². The van der Waals surface area contributed by atoms with E-state index in [0.717, 1.165) is 35.7 Å². The predicted molar refractivity (Wildman–Crippen MR) is 252 cm³/mol. The summed E-state index contributed by atoms with van der Waals surface area (Å²) < 4.78 is 50.8. The highest BCUT2D eigenvalue weighted by atomic mass is 19.1. The Bertz CT molecular complexity index is 3530. The van der Waals surface area contributed by atoms with E-state index in [-0.39, 0.29) is 46.2 Å². The molecule has 356 valence electrons. The van der Waals surface area contributed by atoms with Gasteiger partial charge in [0, 0.05) is 48.4 Å². The molecule has 0 radical (unpaired) electrons. The van der Waals surface area contributed by atoms with Crippen molar-refractivity contribution < 1.29 is 22.8 Å². The first kappa shape index (κ1) is 43.4. The standard InChI is InChI=1S/C51H53F2N11O5/c1-26-19-33(20-27(2)41(26)52)64-45(61-17-16-60(49(61)67)38-13-12-37-35(42(38)53)25-55-59(37)7)40-29(4)62(44-34(43(40)57-64)9-8-15-54-44)46(65)39-22-32-21-30(31-14-18-68-50(5,6)24-31)10-11-36(32)63(39)51(23-28(51)3)47-56-48(66)69-58-47/h10-13,16-17,19-22,25,28-29,31,34,44,54H,8-9,14-15,18,23-24H2,1-7H3,(H,56,58,66)/t28-,29-,31-,34?,44?,51-/m0/s1. The van der Waals surface area contributed by atoms with Crippen molar-refractivity contribution in [1.29, 1.82) is 0 Å². The Hall–Kier alpha value is -6.92. The Morgan fingerprint density at radius 2 is 1.68 bits per heavy atom. The largest absolute Gasteiger partial charge is 0.438 e. The second kappa shape index (κ2) is 15.3. The number of imidazole rings is 1. The molecule has 12 rings (SSSR count). The average molecular weight is 938 g/mol. The maximum Gasteiger partial charge on any atom is 0.438 e. The SMILES string of the molecule is Cc1cc(-n2nc3c(c2-n2ccn(-c4ccc5c(cnn5C)c4F)c2=O)[C@H](C)N(C(=O)c2cc4cc([C@H]5CCOC(C)(C)C5)ccc4n2[C@@]2(c4noc(=O)[nH]4)C[C@@H]2C)C2NCCCC32)cc(C)c1F. The second-order valence-corrected chi connectivity index (χ2v) is 20.3. The summed E-state index contributed by atoms with van der Waals surface area (Å²) in [6.45, 7) is 12.9. The van der Waals surface area contributed by atoms with Gasteiger partial charge in [-0.15, -0.1) is 0 Å². The molecule has 0 bridgehead atoms. The topological polar surface area (TPSA) is 168 Å². The minimum Gasteiger partial charge on any atom is -0.376 e. The number of nitrogens with one attached hydrogen (secondary N) is 2. The van der Waals surface area contributed by atoms with E-state index in [0.29, 0.717) is 76.9 Å². The summed E-state index contributed by atoms with van der Waals surface area (Å²) in [6.07, 6.45) is 7.84. The molecular formula is C51H53F2N11O5. The second-order valence-electron chi connectivity index (χ2n) is 20.3. The summed E-state index contributed by atoms with van der Waals surface area (Å²) in [5, 5.41) is 18.6. The number of aromatic amines is 1. The molecule has 69 heavy (non-hydrogen) atoms. The highest BCUT2D eigenvalue weighted by Gasteiger charge is 2.59. The molecule has 3 aromatic carbocycles. The number of rotatable bonds is 7. The summed E-state index contributed by atoms with van der Waals surface area (Å²) >= 11 is 0. The lowest BCUT2D eigenvalue weighted by Crippen LogP contribution is -2.58. The predicted octanol–water partition coefficient (Wildman–Crippen LogP) is 7.69. The van der Waals surface area contributed by atoms with Crippen molar-refractivity contribution in [3.63, 3.8) is 0 Å². The van der Waals surface area contributed by atoms with E-state index in [1.54, 1.807) is 60.7 Å². The molecule has 2 N–H and O–H groups in total. The highest BCUT2D eigenvalue weighted by Crippen LogP contribution is 2.56. The van der Waals surface area contributed by atoms with Gasteiger partial charge in [0.15, 0.2) is 11.6 Å². The third-order valence-corrected chi connectivity index (χ3v) is 15.6. The van der Waals surface area contributed by atoms with Gasteiger partial charge in [0.25, 0.3) is 5.91 Å². The molecule has 3 aliphatic heterocycles. The minimum absolute atomic E-state index is 0.0191. The third kappa shape index (κ3) is 6.43. The fourth-order valence-corrected chi connectivity index (χ4v) is 12.1. The number of aryl methyl sites for hydroxylation is 3. The number of ether oxygens (including phenoxy) is 1. The van der Waals surface area contributed by atoms with Crippen LogP contribution in [0.4, 0.5) is 8.78 Å². The smallest absolute Gasteiger partial charge is 0.376 e. The molecule has 0 spiro atoms. The number of hydrogen-bond acceptors (Lipinski definition) is 9. The molecule has 2 unspecified atom stereocenters. The average Bonchev–Trinajstić information content (AvgIpc) is 3.96. The van der Waals surface area contributed by atoms with Crippen LogP contribution in [0.1, 0.15) is 122 Å². The molecule has 1 aliphatic carbocycles. The highest BCUT2D eigenvalue weighted by molar-refractivity contribution is 6.00. The number of piperidine rings is 1. The van der Waals surface area contributed by atoms with E-state index in [1.807, 2.05) is 22.5 Å². The number of halogens is 2. The number of nitrogens with zero attached hydrogens (tertiary/aromatic N) is 9. The lowest BCUT2D eigenvalue weighted by molar-refractivity contribution is -0.0592. The number of carbonyl (C=O) groups is 1. The monoisotopic (exact) mass is 937 g/mol. The fourth-order valence-electron chi connectivity index (χ4n) is 12.1. The lowest BCUT2D eigenvalue weighted by Gasteiger charge is -2.47. The maximum atomic E-state index is 16.3. The molecule has 5 aromatic heterocycles. The minimum atomic E-state index is -0.886. The molecule has 16 nitrogen and oxygen atoms in total. The number of aromatic nitrogens is 9. The molecule has 8 heterocycles. The molecular weight excluding hydrogens is 885 g/mol. The van der Waals surface area contributed by atoms with E-state index in [9.17, 15) is 9.59 Å². The van der Waals surface area contributed by atoms with Gasteiger partial charge in [-0.25, -0.2) is 23.1 Å². The van der Waals surface area contributed by atoms with Crippen molar-refractivity contribution in [1.82, 2.24) is 53.6 Å². The maximum absolute atomic E-state index is 16.3. The van der Waals surface area contributed by atoms with E-state index in [2.05, 4.69) is 59.5 Å². The molecule has 3 fully saturated rings. The van der Waals surface area contributed by atoms with Crippen LogP contribution in [0, 0.1) is 31.4 Å². The Balaban J connectivity index is 1.05. The van der Waals surface area contributed by atoms with Crippen LogP contribution >= 0.6 is 0 Å². The van der Waals surface area contributed by atoms with Crippen molar-refractivity contribution in [2.75, 3.05) is 13.2 Å². The van der Waals surface area contributed by atoms with Gasteiger partial charge in [-0.05, 0) is 144 Å². The molecule has 6 atom stereocenters. The summed E-state index contributed by atoms with van der Waals surface area (Å²) in [5.74, 6) is -1.27. The van der Waals surface area contributed by atoms with Crippen LogP contribution < -0.4 is 16.8 Å². The van der Waals surface area contributed by atoms with Gasteiger partial charge in [-0.3, -0.25) is 33.4 Å². The quantitative estimate of drug-likeness (QED) is 0.163. The van der Waals surface area contributed by atoms with Gasteiger partial charge in [-0.1, -0.05) is 18.1 Å². The molecule has 4 aliphatic rings. The number of hydrogen-bond donors (Lipinski definition) is 2. The van der Waals surface area contributed by atoms with Crippen molar-refractivity contribution in [2.24, 2.45) is 13.0 Å². The first-order valence-electron chi connectivity index (χ1n) is 23.8. The van der Waals surface area contributed by atoms with Crippen LogP contribution in [0.15, 0.2) is 81.2 Å². The van der Waals surface area contributed by atoms with Crippen LogP contribution in [-0.4, -0.2) is 79.1 Å². The number of carbonyl (C=O) groups excluding carboxylic acids is 1. The molecule has 18 heteroatoms. The van der Waals surface area contributed by atoms with Gasteiger partial charge in [0.1, 0.15) is 22.9 Å². The van der Waals surface area contributed by atoms with Gasteiger partial charge < -0.3 is 14.2 Å². The number of H-pyrrole nitrogens is 1. The summed E-state index contributed by atoms with van der Waals surface area (Å²) in [4.78, 5) is 48.4. The molecule has 2 saturated heterocycles. The Labute approximate surface area is 394 Å². The van der Waals surface area contributed by atoms with Gasteiger partial charge >= 0.3 is 11.4 Å². The van der Waals surface area contributed by atoms with E-state index < -0.39 is 35.0 Å². The normalized spacial score (nSPS) is 24.2. The number of amides is 1. The van der Waals surface area contributed by atoms with Crippen LogP contribution in [0.3, 0.4) is 0 Å². The molecule has 1 saturated carbocycles. The summed E-state index contributed by atoms with van der Waals surface area (Å²) in [6, 6.07) is 14.3. The Morgan fingerprint density at radius 3 is 2.41 bits per heavy atom. The lowest BCUT2D eigenvalue weighted by atomic mass is 9.82. The van der Waals surface area contributed by atoms with Gasteiger partial charge in [-0.2, -0.15) is 10.2 Å². The molecule has 8 aromatic rings. The fraction of sp³-hybridized carbons (Fsp3) is 0.412. The van der Waals surface area contributed by atoms with Crippen LogP contribution in [0.2, 0.25) is 0 Å². The summed E-state index contributed by atoms with van der Waals surface area (Å²) in [7, 11) is 1.72. The van der Waals surface area contributed by atoms with E-state index in [4.69, 9.17) is 14.4 Å². The Morgan fingerprint density at radius 1 is 0.928 bits per heavy atom. The number of benzene rings is 3. The zero-order valence-electron chi connectivity index (χ0n) is 39.5. The van der Waals surface area contributed by atoms with Crippen LogP contribution in [-0.2, 0) is 17.3 Å². The van der Waals surface area contributed by atoms with Gasteiger partial charge in [0.2, 0.25) is 0 Å². The van der Waals surface area contributed by atoms with Gasteiger partial charge in [0.05, 0.1) is 52.0 Å². The van der Waals surface area contributed by atoms with Crippen LogP contribution in [0.5, 0.6) is 0 Å². The summed E-state index contributed by atoms with van der Waals surface area (Å²) in [5.41, 5.74) is 3.95. The van der Waals surface area contributed by atoms with Crippen molar-refractivity contribution >= 4 is 27.7 Å². The van der Waals surface area contributed by atoms with E-state index in [1.165, 1.54) is 21.5 Å².